The van der Waals surface area contributed by atoms with Crippen molar-refractivity contribution in [1.29, 1.82) is 0 Å². The number of phenols is 1. The second-order valence-corrected chi connectivity index (χ2v) is 5.20. The number of carbonyl (C=O) groups excluding carboxylic acids is 1. The van der Waals surface area contributed by atoms with Crippen molar-refractivity contribution in [3.05, 3.63) is 58.8 Å². The van der Waals surface area contributed by atoms with Crippen molar-refractivity contribution in [3.8, 4) is 5.75 Å². The minimum Gasteiger partial charge on any atom is -0.506 e. The van der Waals surface area contributed by atoms with Crippen molar-refractivity contribution in [1.82, 2.24) is 0 Å². The maximum absolute atomic E-state index is 12.2. The van der Waals surface area contributed by atoms with Crippen LogP contribution in [0, 0.1) is 6.92 Å². The van der Waals surface area contributed by atoms with Crippen molar-refractivity contribution < 1.29 is 14.3 Å². The fourth-order valence-corrected chi connectivity index (χ4v) is 2.24. The Morgan fingerprint density at radius 2 is 2.00 bits per heavy atom. The van der Waals surface area contributed by atoms with Crippen LogP contribution in [0.5, 0.6) is 5.75 Å². The van der Waals surface area contributed by atoms with Gasteiger partial charge in [-0.25, -0.2) is 0 Å². The quantitative estimate of drug-likeness (QED) is 0.692. The van der Waals surface area contributed by atoms with E-state index in [1.54, 1.807) is 42.5 Å². The van der Waals surface area contributed by atoms with Crippen LogP contribution < -0.4 is 5.32 Å². The van der Waals surface area contributed by atoms with E-state index in [2.05, 4.69) is 5.32 Å². The Hall–Kier alpha value is -2.46. The van der Waals surface area contributed by atoms with Crippen LogP contribution in [-0.2, 0) is 0 Å². The molecule has 0 unspecified atom stereocenters. The number of hydrogen-bond donors (Lipinski definition) is 2. The molecule has 3 rings (SSSR count). The molecule has 0 aliphatic carbocycles. The Balaban J connectivity index is 1.89. The average Bonchev–Trinajstić information content (AvgIpc) is 2.85. The average molecular weight is 302 g/mol. The van der Waals surface area contributed by atoms with Crippen molar-refractivity contribution >= 4 is 34.2 Å². The number of hydrogen-bond acceptors (Lipinski definition) is 3. The second kappa shape index (κ2) is 5.14. The number of carbonyl (C=O) groups is 1. The number of aromatic hydroxyl groups is 1. The lowest BCUT2D eigenvalue weighted by molar-refractivity contribution is 0.0998. The number of phenolic OH excluding ortho intramolecular Hbond substituents is 1. The summed E-state index contributed by atoms with van der Waals surface area (Å²) in [6.45, 7) is 1.86. The molecule has 106 valence electrons. The predicted octanol–water partition coefficient (Wildman–Crippen LogP) is 4.35. The summed E-state index contributed by atoms with van der Waals surface area (Å²) in [5.74, 6) is -0.253. The van der Waals surface area contributed by atoms with Gasteiger partial charge < -0.3 is 14.8 Å². The molecular formula is C16H12ClNO3. The lowest BCUT2D eigenvalue weighted by Crippen LogP contribution is -2.10. The molecule has 2 N–H and O–H groups in total. The van der Waals surface area contributed by atoms with Crippen molar-refractivity contribution in [2.24, 2.45) is 0 Å². The molecule has 0 spiro atoms. The summed E-state index contributed by atoms with van der Waals surface area (Å²) in [4.78, 5) is 12.2. The SMILES string of the molecule is Cc1ccc(NC(=O)c2cc3cc(Cl)ccc3o2)c(O)c1. The largest absolute Gasteiger partial charge is 0.506 e. The molecule has 0 aliphatic heterocycles. The number of aryl methyl sites for hydroxylation is 1. The lowest BCUT2D eigenvalue weighted by atomic mass is 10.2. The van der Waals surface area contributed by atoms with E-state index in [-0.39, 0.29) is 11.5 Å². The van der Waals surface area contributed by atoms with E-state index < -0.39 is 5.91 Å². The molecule has 3 aromatic rings. The normalized spacial score (nSPS) is 10.8. The molecule has 0 saturated heterocycles. The van der Waals surface area contributed by atoms with Crippen LogP contribution in [0.15, 0.2) is 46.9 Å². The minimum absolute atomic E-state index is 0.0162. The molecule has 1 amide bonds. The van der Waals surface area contributed by atoms with E-state index in [0.717, 1.165) is 10.9 Å². The molecule has 21 heavy (non-hydrogen) atoms. The highest BCUT2D eigenvalue weighted by molar-refractivity contribution is 6.31. The third-order valence-corrected chi connectivity index (χ3v) is 3.34. The van der Waals surface area contributed by atoms with Gasteiger partial charge in [-0.3, -0.25) is 4.79 Å². The molecule has 0 bridgehead atoms. The smallest absolute Gasteiger partial charge is 0.291 e. The monoisotopic (exact) mass is 301 g/mol. The number of anilines is 1. The summed E-state index contributed by atoms with van der Waals surface area (Å²) in [5.41, 5.74) is 1.82. The van der Waals surface area contributed by atoms with Gasteiger partial charge in [0, 0.05) is 10.4 Å². The van der Waals surface area contributed by atoms with E-state index >= 15 is 0 Å². The van der Waals surface area contributed by atoms with Gasteiger partial charge in [0.1, 0.15) is 11.3 Å². The number of fused-ring (bicyclic) bond motifs is 1. The Bertz CT molecular complexity index is 839. The number of nitrogens with one attached hydrogen (secondary N) is 1. The lowest BCUT2D eigenvalue weighted by Gasteiger charge is -2.06. The van der Waals surface area contributed by atoms with E-state index in [1.807, 2.05) is 6.92 Å². The molecule has 0 aliphatic rings. The Kier molecular flexibility index (Phi) is 3.31. The van der Waals surface area contributed by atoms with E-state index in [9.17, 15) is 9.90 Å². The summed E-state index contributed by atoms with van der Waals surface area (Å²) in [6, 6.07) is 11.8. The van der Waals surface area contributed by atoms with Gasteiger partial charge in [0.25, 0.3) is 5.91 Å². The minimum atomic E-state index is -0.429. The summed E-state index contributed by atoms with van der Waals surface area (Å²) < 4.78 is 5.47. The molecule has 0 saturated carbocycles. The number of furan rings is 1. The van der Waals surface area contributed by atoms with Gasteiger partial charge in [0.2, 0.25) is 0 Å². The van der Waals surface area contributed by atoms with Crippen LogP contribution in [0.1, 0.15) is 16.1 Å². The fraction of sp³-hybridized carbons (Fsp3) is 0.0625. The molecule has 4 nitrogen and oxygen atoms in total. The van der Waals surface area contributed by atoms with Gasteiger partial charge in [0.05, 0.1) is 5.69 Å². The Labute approximate surface area is 126 Å². The van der Waals surface area contributed by atoms with Crippen molar-refractivity contribution in [2.45, 2.75) is 6.92 Å². The summed E-state index contributed by atoms with van der Waals surface area (Å²) >= 11 is 5.90. The van der Waals surface area contributed by atoms with E-state index in [1.165, 1.54) is 0 Å². The molecule has 2 aromatic carbocycles. The maximum Gasteiger partial charge on any atom is 0.291 e. The third-order valence-electron chi connectivity index (χ3n) is 3.10. The van der Waals surface area contributed by atoms with Crippen LogP contribution in [0.25, 0.3) is 11.0 Å². The molecule has 0 fully saturated rings. The van der Waals surface area contributed by atoms with E-state index in [0.29, 0.717) is 16.3 Å². The zero-order chi connectivity index (χ0) is 15.0. The summed E-state index contributed by atoms with van der Waals surface area (Å²) in [5, 5.41) is 13.7. The number of benzene rings is 2. The topological polar surface area (TPSA) is 62.5 Å². The highest BCUT2D eigenvalue weighted by atomic mass is 35.5. The molecule has 1 heterocycles. The molecule has 0 radical (unpaired) electrons. The van der Waals surface area contributed by atoms with Gasteiger partial charge in [0.15, 0.2) is 5.76 Å². The summed E-state index contributed by atoms with van der Waals surface area (Å²) in [7, 11) is 0. The highest BCUT2D eigenvalue weighted by Gasteiger charge is 2.14. The van der Waals surface area contributed by atoms with Gasteiger partial charge in [-0.2, -0.15) is 0 Å². The first-order valence-electron chi connectivity index (χ1n) is 6.33. The van der Waals surface area contributed by atoms with Gasteiger partial charge in [-0.1, -0.05) is 17.7 Å². The second-order valence-electron chi connectivity index (χ2n) is 4.77. The first kappa shape index (κ1) is 13.5. The zero-order valence-electron chi connectivity index (χ0n) is 11.2. The Morgan fingerprint density at radius 3 is 2.76 bits per heavy atom. The third kappa shape index (κ3) is 2.71. The molecule has 5 heteroatoms. The maximum atomic E-state index is 12.2. The van der Waals surface area contributed by atoms with E-state index in [4.69, 9.17) is 16.0 Å². The van der Waals surface area contributed by atoms with Crippen LogP contribution >= 0.6 is 11.6 Å². The van der Waals surface area contributed by atoms with Crippen LogP contribution in [0.4, 0.5) is 5.69 Å². The van der Waals surface area contributed by atoms with Gasteiger partial charge >= 0.3 is 0 Å². The van der Waals surface area contributed by atoms with Crippen LogP contribution in [0.2, 0.25) is 5.02 Å². The fourth-order valence-electron chi connectivity index (χ4n) is 2.06. The van der Waals surface area contributed by atoms with Gasteiger partial charge in [-0.05, 0) is 48.9 Å². The Morgan fingerprint density at radius 1 is 1.19 bits per heavy atom. The molecular weight excluding hydrogens is 290 g/mol. The predicted molar refractivity (Wildman–Crippen MR) is 82.0 cm³/mol. The summed E-state index contributed by atoms with van der Waals surface area (Å²) in [6.07, 6.45) is 0. The van der Waals surface area contributed by atoms with Crippen molar-refractivity contribution in [3.63, 3.8) is 0 Å². The first-order valence-corrected chi connectivity index (χ1v) is 6.71. The van der Waals surface area contributed by atoms with Gasteiger partial charge in [-0.15, -0.1) is 0 Å². The van der Waals surface area contributed by atoms with Crippen molar-refractivity contribution in [2.75, 3.05) is 5.32 Å². The first-order chi connectivity index (χ1) is 10.0. The highest BCUT2D eigenvalue weighted by Crippen LogP contribution is 2.26. The number of halogens is 1. The zero-order valence-corrected chi connectivity index (χ0v) is 11.9. The standard InChI is InChI=1S/C16H12ClNO3/c1-9-2-4-12(13(19)6-9)18-16(20)15-8-10-7-11(17)3-5-14(10)21-15/h2-8,19H,1H3,(H,18,20). The van der Waals surface area contributed by atoms with Crippen LogP contribution in [0.3, 0.4) is 0 Å². The molecule has 1 aromatic heterocycles. The van der Waals surface area contributed by atoms with Crippen LogP contribution in [-0.4, -0.2) is 11.0 Å². The molecule has 0 atom stereocenters. The number of amides is 1. The number of rotatable bonds is 2.